The molecule has 1 amide bonds. The predicted molar refractivity (Wildman–Crippen MR) is 98.9 cm³/mol. The number of nitrogens with one attached hydrogen (secondary N) is 2. The van der Waals surface area contributed by atoms with Gasteiger partial charge in [0.1, 0.15) is 5.75 Å². The lowest BCUT2D eigenvalue weighted by Gasteiger charge is -2.11. The van der Waals surface area contributed by atoms with Crippen molar-refractivity contribution in [2.24, 2.45) is 5.10 Å². The lowest BCUT2D eigenvalue weighted by atomic mass is 10.2. The van der Waals surface area contributed by atoms with Gasteiger partial charge in [-0.25, -0.2) is 5.43 Å². The van der Waals surface area contributed by atoms with Gasteiger partial charge < -0.3 is 10.4 Å². The molecule has 7 heteroatoms. The number of rotatable bonds is 5. The molecule has 120 valence electrons. The maximum absolute atomic E-state index is 11.8. The number of anilines is 1. The van der Waals surface area contributed by atoms with Crippen LogP contribution in [0.2, 0.25) is 0 Å². The van der Waals surface area contributed by atoms with Crippen molar-refractivity contribution in [3.63, 3.8) is 0 Å². The fraction of sp³-hybridized carbons (Fsp3) is 0.125. The molecular weight excluding hydrogens is 426 g/mol. The quantitative estimate of drug-likeness (QED) is 0.489. The van der Waals surface area contributed by atoms with Crippen LogP contribution in [0.5, 0.6) is 5.75 Å². The van der Waals surface area contributed by atoms with E-state index >= 15 is 0 Å². The van der Waals surface area contributed by atoms with Crippen LogP contribution in [0.3, 0.4) is 0 Å². The van der Waals surface area contributed by atoms with Crippen molar-refractivity contribution >= 4 is 49.7 Å². The van der Waals surface area contributed by atoms with Gasteiger partial charge in [0.25, 0.3) is 5.91 Å². The number of phenolic OH excluding ortho intramolecular Hbond substituents is 1. The van der Waals surface area contributed by atoms with E-state index < -0.39 is 0 Å². The standard InChI is InChI=1S/C16H15Br2N3O2/c1-10-5-13(17)16(14(18)6-10)19-9-15(23)21-20-8-11-3-2-4-12(22)7-11/h2-8,19,22H,9H2,1H3,(H,21,23)/b20-8-. The largest absolute Gasteiger partial charge is 0.508 e. The van der Waals surface area contributed by atoms with Gasteiger partial charge in [-0.3, -0.25) is 4.79 Å². The lowest BCUT2D eigenvalue weighted by molar-refractivity contribution is -0.119. The van der Waals surface area contributed by atoms with E-state index in [1.807, 2.05) is 19.1 Å². The Morgan fingerprint density at radius 3 is 2.61 bits per heavy atom. The summed E-state index contributed by atoms with van der Waals surface area (Å²) in [4.78, 5) is 11.8. The molecule has 3 N–H and O–H groups in total. The van der Waals surface area contributed by atoms with Crippen LogP contribution < -0.4 is 10.7 Å². The van der Waals surface area contributed by atoms with Gasteiger partial charge in [-0.2, -0.15) is 5.10 Å². The number of hydrogen-bond donors (Lipinski definition) is 3. The van der Waals surface area contributed by atoms with E-state index in [2.05, 4.69) is 47.7 Å². The molecule has 2 aromatic carbocycles. The van der Waals surface area contributed by atoms with Gasteiger partial charge in [0.05, 0.1) is 18.4 Å². The molecule has 0 radical (unpaired) electrons. The average Bonchev–Trinajstić information content (AvgIpc) is 2.46. The first-order chi connectivity index (χ1) is 11.0. The molecule has 0 aromatic heterocycles. The second-order valence-electron chi connectivity index (χ2n) is 4.85. The third kappa shape index (κ3) is 5.37. The van der Waals surface area contributed by atoms with Crippen LogP contribution in [0.25, 0.3) is 0 Å². The summed E-state index contributed by atoms with van der Waals surface area (Å²) in [5, 5.41) is 16.2. The molecule has 2 rings (SSSR count). The van der Waals surface area contributed by atoms with E-state index in [1.54, 1.807) is 24.3 Å². The Balaban J connectivity index is 1.88. The summed E-state index contributed by atoms with van der Waals surface area (Å²) in [5.74, 6) is -0.128. The molecule has 0 atom stereocenters. The number of carbonyl (C=O) groups excluding carboxylic acids is 1. The van der Waals surface area contributed by atoms with E-state index in [1.165, 1.54) is 6.21 Å². The normalized spacial score (nSPS) is 10.7. The molecule has 0 saturated carbocycles. The molecule has 2 aromatic rings. The van der Waals surface area contributed by atoms with Crippen LogP contribution in [0, 0.1) is 6.92 Å². The van der Waals surface area contributed by atoms with Gasteiger partial charge >= 0.3 is 0 Å². The Bertz CT molecular complexity index is 725. The minimum Gasteiger partial charge on any atom is -0.508 e. The molecular formula is C16H15Br2N3O2. The van der Waals surface area contributed by atoms with E-state index in [0.29, 0.717) is 5.56 Å². The van der Waals surface area contributed by atoms with Crippen molar-refractivity contribution in [3.8, 4) is 5.75 Å². The van der Waals surface area contributed by atoms with Crippen molar-refractivity contribution in [3.05, 3.63) is 56.5 Å². The number of hydrazone groups is 1. The van der Waals surface area contributed by atoms with Crippen LogP contribution in [-0.4, -0.2) is 23.8 Å². The summed E-state index contributed by atoms with van der Waals surface area (Å²) < 4.78 is 1.75. The molecule has 0 aliphatic rings. The Hall–Kier alpha value is -1.86. The average molecular weight is 441 g/mol. The summed E-state index contributed by atoms with van der Waals surface area (Å²) in [5.41, 5.74) is 5.04. The second-order valence-corrected chi connectivity index (χ2v) is 6.55. The van der Waals surface area contributed by atoms with Crippen LogP contribution in [0.15, 0.2) is 50.4 Å². The van der Waals surface area contributed by atoms with Gasteiger partial charge in [-0.15, -0.1) is 0 Å². The van der Waals surface area contributed by atoms with E-state index in [-0.39, 0.29) is 18.2 Å². The van der Waals surface area contributed by atoms with Crippen molar-refractivity contribution in [2.45, 2.75) is 6.92 Å². The Morgan fingerprint density at radius 2 is 1.96 bits per heavy atom. The van der Waals surface area contributed by atoms with Crippen LogP contribution >= 0.6 is 31.9 Å². The molecule has 0 saturated heterocycles. The number of carbonyl (C=O) groups is 1. The van der Waals surface area contributed by atoms with Gasteiger partial charge in [0.15, 0.2) is 0 Å². The van der Waals surface area contributed by atoms with Gasteiger partial charge in [-0.05, 0) is 74.2 Å². The van der Waals surface area contributed by atoms with E-state index in [4.69, 9.17) is 0 Å². The number of nitrogens with zero attached hydrogens (tertiary/aromatic N) is 1. The Kier molecular flexibility index (Phi) is 6.18. The van der Waals surface area contributed by atoms with E-state index in [9.17, 15) is 9.90 Å². The maximum atomic E-state index is 11.8. The van der Waals surface area contributed by atoms with Crippen molar-refractivity contribution in [2.75, 3.05) is 11.9 Å². The molecule has 0 spiro atoms. The van der Waals surface area contributed by atoms with Gasteiger partial charge in [-0.1, -0.05) is 12.1 Å². The predicted octanol–water partition coefficient (Wildman–Crippen LogP) is 3.79. The fourth-order valence-corrected chi connectivity index (χ4v) is 3.56. The maximum Gasteiger partial charge on any atom is 0.259 e. The lowest BCUT2D eigenvalue weighted by Crippen LogP contribution is -2.26. The number of amides is 1. The van der Waals surface area contributed by atoms with Crippen molar-refractivity contribution < 1.29 is 9.90 Å². The molecule has 0 bridgehead atoms. The molecule has 23 heavy (non-hydrogen) atoms. The highest BCUT2D eigenvalue weighted by Crippen LogP contribution is 2.32. The highest BCUT2D eigenvalue weighted by Gasteiger charge is 2.07. The molecule has 5 nitrogen and oxygen atoms in total. The topological polar surface area (TPSA) is 73.7 Å². The number of aromatic hydroxyl groups is 1. The zero-order chi connectivity index (χ0) is 16.8. The van der Waals surface area contributed by atoms with Crippen LogP contribution in [0.1, 0.15) is 11.1 Å². The highest BCUT2D eigenvalue weighted by molar-refractivity contribution is 9.11. The zero-order valence-electron chi connectivity index (χ0n) is 12.3. The molecule has 0 aliphatic carbocycles. The molecule has 0 unspecified atom stereocenters. The first kappa shape index (κ1) is 17.5. The second kappa shape index (κ2) is 8.12. The van der Waals surface area contributed by atoms with Crippen molar-refractivity contribution in [1.29, 1.82) is 0 Å². The number of halogens is 2. The first-order valence-electron chi connectivity index (χ1n) is 6.76. The van der Waals surface area contributed by atoms with Crippen LogP contribution in [-0.2, 0) is 4.79 Å². The van der Waals surface area contributed by atoms with Gasteiger partial charge in [0, 0.05) is 8.95 Å². The van der Waals surface area contributed by atoms with E-state index in [0.717, 1.165) is 20.2 Å². The summed E-state index contributed by atoms with van der Waals surface area (Å²) >= 11 is 6.92. The summed E-state index contributed by atoms with van der Waals surface area (Å²) in [6, 6.07) is 10.5. The Labute approximate surface area is 151 Å². The number of hydrogen-bond acceptors (Lipinski definition) is 4. The van der Waals surface area contributed by atoms with Crippen LogP contribution in [0.4, 0.5) is 5.69 Å². The monoisotopic (exact) mass is 439 g/mol. The van der Waals surface area contributed by atoms with Crippen molar-refractivity contribution in [1.82, 2.24) is 5.43 Å². The molecule has 0 heterocycles. The van der Waals surface area contributed by atoms with Gasteiger partial charge in [0.2, 0.25) is 0 Å². The summed E-state index contributed by atoms with van der Waals surface area (Å²) in [7, 11) is 0. The summed E-state index contributed by atoms with van der Waals surface area (Å²) in [6.45, 7) is 2.07. The zero-order valence-corrected chi connectivity index (χ0v) is 15.5. The third-order valence-electron chi connectivity index (χ3n) is 2.89. The molecule has 0 aliphatic heterocycles. The number of benzene rings is 2. The smallest absolute Gasteiger partial charge is 0.259 e. The SMILES string of the molecule is Cc1cc(Br)c(NCC(=O)N/N=C\c2cccc(O)c2)c(Br)c1. The minimum atomic E-state index is -0.277. The highest BCUT2D eigenvalue weighted by atomic mass is 79.9. The Morgan fingerprint density at radius 1 is 1.26 bits per heavy atom. The third-order valence-corrected chi connectivity index (χ3v) is 4.14. The minimum absolute atomic E-state index is 0.0810. The fourth-order valence-electron chi connectivity index (χ4n) is 1.86. The number of phenols is 1. The first-order valence-corrected chi connectivity index (χ1v) is 8.35. The number of aryl methyl sites for hydroxylation is 1. The molecule has 0 fully saturated rings. The summed E-state index contributed by atoms with van der Waals surface area (Å²) in [6.07, 6.45) is 1.47.